The second-order valence-corrected chi connectivity index (χ2v) is 37.3. The molecule has 45 heteroatoms. The average Bonchev–Trinajstić information content (AvgIpc) is 1.59. The Labute approximate surface area is 657 Å². The van der Waals surface area contributed by atoms with Gasteiger partial charge in [-0.1, -0.05) is 83.1 Å². The maximum Gasteiger partial charge on any atom is 0.406 e. The molecule has 6 fully saturated rings. The van der Waals surface area contributed by atoms with E-state index in [4.69, 9.17) is 122 Å². The van der Waals surface area contributed by atoms with Crippen LogP contribution in [0.5, 0.6) is 17.6 Å². The molecule has 6 aromatic rings. The highest BCUT2D eigenvalue weighted by molar-refractivity contribution is 7.52. The lowest BCUT2D eigenvalue weighted by Crippen LogP contribution is -2.47. The molecular weight excluding hydrogens is 1580 g/mol. The van der Waals surface area contributed by atoms with Crippen LogP contribution in [0.3, 0.4) is 0 Å². The topological polar surface area (TPSA) is 486 Å². The second-order valence-electron chi connectivity index (χ2n) is 29.7. The molecule has 618 valence electrons. The van der Waals surface area contributed by atoms with Crippen LogP contribution in [0.4, 0.5) is 17.8 Å². The van der Waals surface area contributed by atoms with Crippen LogP contribution >= 0.6 is 58.0 Å². The number of alkyl halides is 3. The van der Waals surface area contributed by atoms with Crippen molar-refractivity contribution < 1.29 is 97.9 Å². The number of carbonyl (C=O) groups excluding carboxylic acids is 3. The summed E-state index contributed by atoms with van der Waals surface area (Å²) in [6.45, 7) is 33.7. The monoisotopic (exact) mass is 1680 g/mol. The summed E-state index contributed by atoms with van der Waals surface area (Å²) in [5.41, 5.74) is 20.0. The van der Waals surface area contributed by atoms with Crippen LogP contribution in [0.2, 0.25) is 0 Å². The van der Waals surface area contributed by atoms with Crippen molar-refractivity contribution in [3.05, 3.63) is 19.0 Å². The highest BCUT2D eigenvalue weighted by atomic mass is 35.5. The van der Waals surface area contributed by atoms with Crippen molar-refractivity contribution in [1.82, 2.24) is 73.8 Å². The Kier molecular flexibility index (Phi) is 27.7. The van der Waals surface area contributed by atoms with Crippen molar-refractivity contribution in [2.45, 2.75) is 213 Å². The predicted octanol–water partition coefficient (Wildman–Crippen LogP) is 9.12. The molecule has 6 aliphatic rings. The number of fused-ring (bicyclic) bond motifs is 6. The molecule has 12 rings (SSSR count). The molecule has 0 radical (unpaired) electrons. The van der Waals surface area contributed by atoms with E-state index in [0.29, 0.717) is 53.3 Å². The number of nitrogens with one attached hydrogen (secondary N) is 3. The first-order valence-corrected chi connectivity index (χ1v) is 42.4. The Bertz CT molecular complexity index is 4010. The largest absolute Gasteiger partial charge is 0.476 e. The van der Waals surface area contributed by atoms with E-state index in [1.807, 2.05) is 62.3 Å². The van der Waals surface area contributed by atoms with Gasteiger partial charge < -0.3 is 59.8 Å². The molecule has 6 aliphatic heterocycles. The molecule has 39 nitrogen and oxygen atoms in total. The minimum absolute atomic E-state index is 0.00979. The number of aromatic nitrogens is 12. The van der Waals surface area contributed by atoms with E-state index in [0.717, 1.165) is 0 Å². The number of hydrogen-bond acceptors (Lipinski definition) is 33. The van der Waals surface area contributed by atoms with Crippen LogP contribution in [-0.2, 0) is 83.6 Å². The van der Waals surface area contributed by atoms with Gasteiger partial charge in [-0.05, 0) is 59.3 Å². The quantitative estimate of drug-likeness (QED) is 0.0121. The maximum absolute atomic E-state index is 13.6. The highest BCUT2D eigenvalue weighted by Gasteiger charge is 2.63. The lowest BCUT2D eigenvalue weighted by Gasteiger charge is -2.37. The van der Waals surface area contributed by atoms with Crippen molar-refractivity contribution in [3.63, 3.8) is 0 Å². The zero-order valence-corrected chi connectivity index (χ0v) is 70.1. The van der Waals surface area contributed by atoms with Crippen LogP contribution in [-0.4, -0.2) is 205 Å². The van der Waals surface area contributed by atoms with Gasteiger partial charge in [0.1, 0.15) is 71.1 Å². The summed E-state index contributed by atoms with van der Waals surface area (Å²) in [5.74, 6) is -1.19. The van der Waals surface area contributed by atoms with Crippen molar-refractivity contribution in [3.8, 4) is 17.6 Å². The van der Waals surface area contributed by atoms with Gasteiger partial charge in [0.05, 0.1) is 94.5 Å². The Balaban J connectivity index is 0.000000177. The van der Waals surface area contributed by atoms with Gasteiger partial charge in [-0.3, -0.25) is 55.2 Å². The SMILES string of the molecule is CCOc1nc(N)nc2c1ncn2[C@@H]1O[C@@H]2COP(=O)(N[C@H](COC(=O)C(C)C)C(C)C)O[C@H]2[C@@]1(C)Cl.CCOc1nc(N)nc2c1ncn2[C@@H]1O[C@@H]2CO[P@@](=O)(N[C@@H](COC(=O)C(C)C)C(C)C)O[C@H]2[C@@]1(C)Cl.CCOc1nc(N)nc2c1ncn2[C@@H]1O[C@@H]2CO[P@](=O)(N[C@@H](COC(=O)C(C)C)C(C)C)O[C@H]2[C@@]1(C)Cl. The summed E-state index contributed by atoms with van der Waals surface area (Å²) in [4.78, 5) is 70.7. The molecule has 6 aromatic heterocycles. The third-order valence-corrected chi connectivity index (χ3v) is 25.0. The minimum Gasteiger partial charge on any atom is -0.476 e. The molecule has 0 amide bonds. The third kappa shape index (κ3) is 19.2. The van der Waals surface area contributed by atoms with Gasteiger partial charge in [0, 0.05) is 0 Å². The Morgan fingerprint density at radius 2 is 0.703 bits per heavy atom. The number of imidazole rings is 3. The van der Waals surface area contributed by atoms with Gasteiger partial charge in [-0.15, -0.1) is 34.8 Å². The van der Waals surface area contributed by atoms with Crippen molar-refractivity contribution in [2.24, 2.45) is 35.5 Å². The van der Waals surface area contributed by atoms with Gasteiger partial charge >= 0.3 is 41.1 Å². The van der Waals surface area contributed by atoms with E-state index in [2.05, 4.69) is 60.1 Å². The van der Waals surface area contributed by atoms with Crippen LogP contribution in [0.25, 0.3) is 33.5 Å². The van der Waals surface area contributed by atoms with Crippen molar-refractivity contribution in [2.75, 3.05) is 76.7 Å². The van der Waals surface area contributed by atoms with Gasteiger partial charge in [-0.2, -0.15) is 29.9 Å². The van der Waals surface area contributed by atoms with Crippen LogP contribution < -0.4 is 46.7 Å². The fourth-order valence-electron chi connectivity index (χ4n) is 12.5. The molecule has 1 unspecified atom stereocenters. The van der Waals surface area contributed by atoms with Crippen LogP contribution in [0.1, 0.15) is 143 Å². The molecule has 9 N–H and O–H groups in total. The molecule has 18 atom stereocenters. The Morgan fingerprint density at radius 1 is 0.459 bits per heavy atom. The zero-order valence-electron chi connectivity index (χ0n) is 65.1. The number of nitrogen functional groups attached to an aromatic ring is 3. The van der Waals surface area contributed by atoms with E-state index >= 15 is 0 Å². The number of carbonyl (C=O) groups is 3. The fourth-order valence-corrected chi connectivity index (χ4v) is 19.6. The van der Waals surface area contributed by atoms with E-state index in [9.17, 15) is 28.1 Å². The number of hydrogen-bond donors (Lipinski definition) is 6. The summed E-state index contributed by atoms with van der Waals surface area (Å²) in [6.07, 6.45) is -2.13. The summed E-state index contributed by atoms with van der Waals surface area (Å²) in [6, 6.07) is -1.42. The molecule has 6 saturated heterocycles. The summed E-state index contributed by atoms with van der Waals surface area (Å²) in [5, 5.41) is 8.79. The molecule has 0 aromatic carbocycles. The number of ether oxygens (including phenoxy) is 9. The number of esters is 3. The van der Waals surface area contributed by atoms with E-state index < -0.39 is 111 Å². The second kappa shape index (κ2) is 35.2. The first-order chi connectivity index (χ1) is 52.1. The first kappa shape index (κ1) is 87.3. The number of halogens is 3. The smallest absolute Gasteiger partial charge is 0.406 e. The van der Waals surface area contributed by atoms with Crippen LogP contribution in [0.15, 0.2) is 19.0 Å². The lowest BCUT2D eigenvalue weighted by molar-refractivity contribution is -0.149. The minimum atomic E-state index is -3.83. The molecule has 0 bridgehead atoms. The summed E-state index contributed by atoms with van der Waals surface area (Å²) >= 11 is 21.1. The van der Waals surface area contributed by atoms with Gasteiger partial charge in [-0.25, -0.2) is 43.9 Å². The third-order valence-electron chi connectivity index (χ3n) is 18.9. The number of anilines is 3. The van der Waals surface area contributed by atoms with Gasteiger partial charge in [0.15, 0.2) is 52.2 Å². The first-order valence-electron chi connectivity index (χ1n) is 36.6. The summed E-state index contributed by atoms with van der Waals surface area (Å²) < 4.78 is 132. The van der Waals surface area contributed by atoms with Crippen molar-refractivity contribution >= 4 is 127 Å². The number of nitrogens with zero attached hydrogens (tertiary/aromatic N) is 12. The molecule has 0 aliphatic carbocycles. The molecule has 111 heavy (non-hydrogen) atoms. The molecular formula is C66H102Cl3N18O21P3. The Hall–Kier alpha value is -6.06. The van der Waals surface area contributed by atoms with E-state index in [-0.39, 0.29) is 129 Å². The average molecular weight is 1680 g/mol. The Morgan fingerprint density at radius 3 is 0.919 bits per heavy atom. The maximum atomic E-state index is 13.6. The standard InChI is InChI=1S/3C22H34ClN6O7P/c3*1-7-32-18-15-17(26-21(24)27-18)29(10-25-15)20-22(6,23)16-14(35-20)9-34-37(31,36-16)28-13(11(2)3)8-33-19(30)12(4)5/h3*10-14,16,20H,7-9H2,1-6H3,(H,28,31)(H2,24,26,27)/t13-,14+,16+,20+,22+,37+;13-,14+,16+,20+,22+,37-;13-,14-,16-,20-,22-,37?/m001/s1. The van der Waals surface area contributed by atoms with Gasteiger partial charge in [0.2, 0.25) is 35.5 Å². The van der Waals surface area contributed by atoms with E-state index in [1.165, 1.54) is 19.0 Å². The van der Waals surface area contributed by atoms with Crippen LogP contribution in [0, 0.1) is 35.5 Å². The predicted molar refractivity (Wildman–Crippen MR) is 405 cm³/mol. The molecule has 12 heterocycles. The normalized spacial score (nSPS) is 30.6. The fraction of sp³-hybridized carbons (Fsp3) is 0.727. The molecule has 0 spiro atoms. The van der Waals surface area contributed by atoms with Gasteiger partial charge in [0.25, 0.3) is 0 Å². The van der Waals surface area contributed by atoms with Crippen molar-refractivity contribution in [1.29, 1.82) is 0 Å². The highest BCUT2D eigenvalue weighted by Crippen LogP contribution is 2.61. The number of rotatable bonds is 27. The molecule has 0 saturated carbocycles. The summed E-state index contributed by atoms with van der Waals surface area (Å²) in [7, 11) is -11.5. The van der Waals surface area contributed by atoms with E-state index in [1.54, 1.807) is 76.0 Å². The zero-order chi connectivity index (χ0) is 81.4. The lowest BCUT2D eigenvalue weighted by atomic mass is 10.0. The number of nitrogens with two attached hydrogens (primary N) is 3.